The van der Waals surface area contributed by atoms with Crippen molar-refractivity contribution in [2.24, 2.45) is 17.2 Å². The number of ether oxygens (including phenoxy) is 2. The fourth-order valence-corrected chi connectivity index (χ4v) is 0.854. The van der Waals surface area contributed by atoms with Gasteiger partial charge < -0.3 is 31.8 Å². The van der Waals surface area contributed by atoms with Gasteiger partial charge in [-0.3, -0.25) is 14.4 Å². The Bertz CT molecular complexity index is 321. The van der Waals surface area contributed by atoms with Crippen molar-refractivity contribution in [3.8, 4) is 0 Å². The molecule has 0 rings (SSSR count). The summed E-state index contributed by atoms with van der Waals surface area (Å²) in [5, 5.41) is 8.58. The molecule has 0 heterocycles. The molecule has 0 bridgehead atoms. The molecular formula is C9H17N3O6. The highest BCUT2D eigenvalue weighted by atomic mass is 16.6. The van der Waals surface area contributed by atoms with Crippen LogP contribution in [0.4, 0.5) is 0 Å². The Labute approximate surface area is 103 Å². The molecule has 3 atom stereocenters. The monoisotopic (exact) mass is 263 g/mol. The number of carbonyl (C=O) groups is 3. The number of carboxylic acid groups (broad SMARTS) is 1. The van der Waals surface area contributed by atoms with Crippen LogP contribution in [0.2, 0.25) is 0 Å². The quantitative estimate of drug-likeness (QED) is 0.353. The third-order valence-electron chi connectivity index (χ3n) is 1.99. The van der Waals surface area contributed by atoms with Gasteiger partial charge in [0, 0.05) is 0 Å². The van der Waals surface area contributed by atoms with Gasteiger partial charge in [-0.1, -0.05) is 0 Å². The van der Waals surface area contributed by atoms with Crippen molar-refractivity contribution in [1.82, 2.24) is 0 Å². The molecule has 0 spiro atoms. The van der Waals surface area contributed by atoms with Gasteiger partial charge in [0.25, 0.3) is 0 Å². The Morgan fingerprint density at radius 3 is 2.28 bits per heavy atom. The zero-order valence-electron chi connectivity index (χ0n) is 9.87. The van der Waals surface area contributed by atoms with Crippen LogP contribution in [-0.2, 0) is 23.9 Å². The Hall–Kier alpha value is -1.71. The highest BCUT2D eigenvalue weighted by Crippen LogP contribution is 1.99. The van der Waals surface area contributed by atoms with Gasteiger partial charge >= 0.3 is 17.9 Å². The van der Waals surface area contributed by atoms with Crippen molar-refractivity contribution in [3.63, 3.8) is 0 Å². The van der Waals surface area contributed by atoms with Crippen molar-refractivity contribution in [2.75, 3.05) is 13.2 Å². The molecule has 0 aliphatic carbocycles. The Morgan fingerprint density at radius 1 is 1.28 bits per heavy atom. The normalized spacial score (nSPS) is 15.3. The summed E-state index contributed by atoms with van der Waals surface area (Å²) in [4.78, 5) is 32.6. The molecule has 18 heavy (non-hydrogen) atoms. The second-order valence-corrected chi connectivity index (χ2v) is 3.50. The number of carbonyl (C=O) groups excluding carboxylic acids is 2. The highest BCUT2D eigenvalue weighted by molar-refractivity contribution is 5.78. The first kappa shape index (κ1) is 16.3. The molecule has 9 heteroatoms. The summed E-state index contributed by atoms with van der Waals surface area (Å²) in [6, 6.07) is -2.57. The molecule has 0 aliphatic heterocycles. The Balaban J connectivity index is 4.15. The summed E-state index contributed by atoms with van der Waals surface area (Å²) in [6.45, 7) is 0.585. The van der Waals surface area contributed by atoms with Gasteiger partial charge in [0.1, 0.15) is 24.8 Å². The highest BCUT2D eigenvalue weighted by Gasteiger charge is 2.26. The lowest BCUT2D eigenvalue weighted by molar-refractivity contribution is -0.157. The maximum absolute atomic E-state index is 11.4. The number of carboxylic acids is 1. The molecule has 0 fully saturated rings. The van der Waals surface area contributed by atoms with Gasteiger partial charge in [0.05, 0.1) is 6.54 Å². The topological polar surface area (TPSA) is 168 Å². The van der Waals surface area contributed by atoms with E-state index in [-0.39, 0.29) is 6.54 Å². The van der Waals surface area contributed by atoms with Crippen LogP contribution in [0.3, 0.4) is 0 Å². The zero-order chi connectivity index (χ0) is 14.3. The number of aliphatic carboxylic acids is 1. The third kappa shape index (κ3) is 5.57. The molecule has 104 valence electrons. The molecule has 0 saturated carbocycles. The van der Waals surface area contributed by atoms with E-state index >= 15 is 0 Å². The molecule has 0 radical (unpaired) electrons. The van der Waals surface area contributed by atoms with Crippen LogP contribution in [0.25, 0.3) is 0 Å². The molecule has 0 aromatic rings. The lowest BCUT2D eigenvalue weighted by atomic mass is 10.2. The summed E-state index contributed by atoms with van der Waals surface area (Å²) < 4.78 is 9.24. The van der Waals surface area contributed by atoms with Crippen LogP contribution >= 0.6 is 0 Å². The van der Waals surface area contributed by atoms with E-state index in [1.54, 1.807) is 0 Å². The molecule has 9 nitrogen and oxygen atoms in total. The van der Waals surface area contributed by atoms with Crippen LogP contribution in [0.15, 0.2) is 0 Å². The number of esters is 2. The van der Waals surface area contributed by atoms with Crippen LogP contribution < -0.4 is 17.2 Å². The van der Waals surface area contributed by atoms with E-state index in [2.05, 4.69) is 4.74 Å². The summed E-state index contributed by atoms with van der Waals surface area (Å²) >= 11 is 0. The van der Waals surface area contributed by atoms with E-state index in [1.165, 1.54) is 6.92 Å². The van der Waals surface area contributed by atoms with Gasteiger partial charge in [-0.25, -0.2) is 0 Å². The van der Waals surface area contributed by atoms with Crippen molar-refractivity contribution in [3.05, 3.63) is 0 Å². The van der Waals surface area contributed by atoms with Crippen molar-refractivity contribution >= 4 is 17.9 Å². The lowest BCUT2D eigenvalue weighted by Crippen LogP contribution is -2.46. The summed E-state index contributed by atoms with van der Waals surface area (Å²) in [5.41, 5.74) is 15.6. The maximum atomic E-state index is 11.4. The predicted octanol–water partition coefficient (Wildman–Crippen LogP) is -2.84. The number of hydrogen-bond acceptors (Lipinski definition) is 8. The summed E-state index contributed by atoms with van der Waals surface area (Å²) in [6.07, 6.45) is -1.05. The molecule has 0 saturated heterocycles. The predicted molar refractivity (Wildman–Crippen MR) is 59.2 cm³/mol. The molecule has 0 aromatic carbocycles. The van der Waals surface area contributed by atoms with Gasteiger partial charge in [0.2, 0.25) is 0 Å². The third-order valence-corrected chi connectivity index (χ3v) is 1.99. The minimum atomic E-state index is -1.35. The molecule has 7 N–H and O–H groups in total. The number of rotatable bonds is 7. The van der Waals surface area contributed by atoms with Gasteiger partial charge in [-0.15, -0.1) is 0 Å². The molecule has 0 amide bonds. The van der Waals surface area contributed by atoms with Gasteiger partial charge in [-0.05, 0) is 6.92 Å². The summed E-state index contributed by atoms with van der Waals surface area (Å²) in [5.74, 6) is -2.93. The van der Waals surface area contributed by atoms with Crippen LogP contribution in [0, 0.1) is 0 Å². The SMILES string of the molecule is C[C@@H](OC(=O)[C@@H](N)COC(=O)CN)[C@H](N)C(=O)O. The smallest absolute Gasteiger partial charge is 0.326 e. The van der Waals surface area contributed by atoms with Crippen molar-refractivity contribution < 1.29 is 29.0 Å². The second kappa shape index (κ2) is 7.58. The minimum Gasteiger partial charge on any atom is -0.480 e. The minimum absolute atomic E-state index is 0.331. The van der Waals surface area contributed by atoms with Crippen molar-refractivity contribution in [1.29, 1.82) is 0 Å². The maximum Gasteiger partial charge on any atom is 0.326 e. The number of nitrogens with two attached hydrogens (primary N) is 3. The van der Waals surface area contributed by atoms with Crippen LogP contribution in [0.1, 0.15) is 6.92 Å². The van der Waals surface area contributed by atoms with E-state index in [1.807, 2.05) is 0 Å². The first-order valence-electron chi connectivity index (χ1n) is 5.09. The average Bonchev–Trinajstić information content (AvgIpc) is 2.33. The Morgan fingerprint density at radius 2 is 1.83 bits per heavy atom. The fourth-order valence-electron chi connectivity index (χ4n) is 0.854. The van der Waals surface area contributed by atoms with Gasteiger partial charge in [0.15, 0.2) is 0 Å². The van der Waals surface area contributed by atoms with E-state index < -0.39 is 42.7 Å². The lowest BCUT2D eigenvalue weighted by Gasteiger charge is -2.19. The van der Waals surface area contributed by atoms with E-state index in [0.29, 0.717) is 0 Å². The fraction of sp³-hybridized carbons (Fsp3) is 0.667. The Kier molecular flexibility index (Phi) is 6.86. The standard InChI is InChI=1S/C9H17N3O6/c1-4(7(12)8(14)15)18-9(16)5(11)3-17-6(13)2-10/h4-5,7H,2-3,10-12H2,1H3,(H,14,15)/t4-,5+,7+/m1/s1. The summed E-state index contributed by atoms with van der Waals surface area (Å²) in [7, 11) is 0. The molecule has 0 aliphatic rings. The average molecular weight is 263 g/mol. The zero-order valence-corrected chi connectivity index (χ0v) is 9.87. The first-order chi connectivity index (χ1) is 8.29. The van der Waals surface area contributed by atoms with E-state index in [0.717, 1.165) is 0 Å². The van der Waals surface area contributed by atoms with Crippen LogP contribution in [-0.4, -0.2) is 54.4 Å². The van der Waals surface area contributed by atoms with E-state index in [4.69, 9.17) is 27.0 Å². The van der Waals surface area contributed by atoms with Gasteiger partial charge in [-0.2, -0.15) is 0 Å². The largest absolute Gasteiger partial charge is 0.480 e. The first-order valence-corrected chi connectivity index (χ1v) is 5.09. The van der Waals surface area contributed by atoms with Crippen molar-refractivity contribution in [2.45, 2.75) is 25.1 Å². The van der Waals surface area contributed by atoms with E-state index in [9.17, 15) is 14.4 Å². The molecular weight excluding hydrogens is 246 g/mol. The van der Waals surface area contributed by atoms with Crippen LogP contribution in [0.5, 0.6) is 0 Å². The molecule has 0 aromatic heterocycles. The second-order valence-electron chi connectivity index (χ2n) is 3.50. The number of hydrogen-bond donors (Lipinski definition) is 4. The molecule has 0 unspecified atom stereocenters.